The van der Waals surface area contributed by atoms with E-state index >= 15 is 0 Å². The van der Waals surface area contributed by atoms with Gasteiger partial charge in [0.05, 0.1) is 12.2 Å². The van der Waals surface area contributed by atoms with Crippen molar-refractivity contribution < 1.29 is 19.4 Å². The van der Waals surface area contributed by atoms with Crippen molar-refractivity contribution in [3.8, 4) is 5.75 Å². The molecule has 1 amide bonds. The van der Waals surface area contributed by atoms with Crippen molar-refractivity contribution in [1.82, 2.24) is 10.3 Å². The molecule has 3 aromatic rings. The molecule has 0 saturated carbocycles. The van der Waals surface area contributed by atoms with Gasteiger partial charge in [-0.2, -0.15) is 0 Å². The van der Waals surface area contributed by atoms with E-state index in [1.54, 1.807) is 25.1 Å². The third-order valence-electron chi connectivity index (χ3n) is 4.16. The van der Waals surface area contributed by atoms with Gasteiger partial charge < -0.3 is 20.1 Å². The fourth-order valence-electron chi connectivity index (χ4n) is 2.92. The number of ether oxygens (including phenoxy) is 1. The largest absolute Gasteiger partial charge is 0.507 e. The first-order chi connectivity index (χ1) is 13.0. The summed E-state index contributed by atoms with van der Waals surface area (Å²) in [4.78, 5) is 27.7. The molecule has 0 spiro atoms. The Balaban J connectivity index is 1.82. The minimum Gasteiger partial charge on any atom is -0.507 e. The van der Waals surface area contributed by atoms with Gasteiger partial charge in [-0.15, -0.1) is 0 Å². The van der Waals surface area contributed by atoms with E-state index in [0.29, 0.717) is 18.7 Å². The van der Waals surface area contributed by atoms with Crippen LogP contribution in [-0.2, 0) is 11.2 Å². The molecule has 0 aliphatic heterocycles. The number of para-hydroxylation sites is 1. The minimum absolute atomic E-state index is 0.0711. The molecule has 3 rings (SSSR count). The molecule has 0 aliphatic rings. The van der Waals surface area contributed by atoms with E-state index in [-0.39, 0.29) is 23.8 Å². The molecule has 7 heteroatoms. The number of fused-ring (bicyclic) bond motifs is 1. The zero-order valence-corrected chi connectivity index (χ0v) is 16.3. The van der Waals surface area contributed by atoms with Crippen LogP contribution in [0.1, 0.15) is 33.3 Å². The standard InChI is InChI=1S/C20H19BrN2O4/c1-2-27-20(26)18-13(15-11-12(21)7-8-16(15)23-18)9-10-22-19(25)14-5-3-4-6-17(14)24/h3-8,11,23-24H,2,9-10H2,1H3,(H,22,25). The number of benzene rings is 2. The number of aromatic hydroxyl groups is 1. The Labute approximate surface area is 164 Å². The third kappa shape index (κ3) is 4.14. The zero-order valence-electron chi connectivity index (χ0n) is 14.7. The molecule has 6 nitrogen and oxygen atoms in total. The number of carbonyl (C=O) groups is 2. The highest BCUT2D eigenvalue weighted by atomic mass is 79.9. The molecule has 0 radical (unpaired) electrons. The molecule has 0 saturated heterocycles. The molecule has 3 N–H and O–H groups in total. The van der Waals surface area contributed by atoms with Gasteiger partial charge >= 0.3 is 5.97 Å². The van der Waals surface area contributed by atoms with Crippen molar-refractivity contribution in [3.05, 3.63) is 63.8 Å². The van der Waals surface area contributed by atoms with E-state index in [1.807, 2.05) is 18.2 Å². The first-order valence-corrected chi connectivity index (χ1v) is 9.34. The number of esters is 1. The van der Waals surface area contributed by atoms with Crippen molar-refractivity contribution in [3.63, 3.8) is 0 Å². The fourth-order valence-corrected chi connectivity index (χ4v) is 3.28. The predicted octanol–water partition coefficient (Wildman–Crippen LogP) is 3.79. The van der Waals surface area contributed by atoms with Gasteiger partial charge in [-0.3, -0.25) is 4.79 Å². The summed E-state index contributed by atoms with van der Waals surface area (Å²) in [6.45, 7) is 2.34. The summed E-state index contributed by atoms with van der Waals surface area (Å²) in [5.41, 5.74) is 2.21. The van der Waals surface area contributed by atoms with Crippen LogP contribution in [0.25, 0.3) is 10.9 Å². The van der Waals surface area contributed by atoms with Crippen LogP contribution in [-0.4, -0.2) is 35.1 Å². The average molecular weight is 431 g/mol. The Bertz CT molecular complexity index is 997. The summed E-state index contributed by atoms with van der Waals surface area (Å²) in [6.07, 6.45) is 0.434. The van der Waals surface area contributed by atoms with Crippen molar-refractivity contribution in [1.29, 1.82) is 0 Å². The van der Waals surface area contributed by atoms with Gasteiger partial charge in [0.15, 0.2) is 0 Å². The molecule has 140 valence electrons. The van der Waals surface area contributed by atoms with Gasteiger partial charge in [0, 0.05) is 21.9 Å². The Kier molecular flexibility index (Phi) is 5.81. The Morgan fingerprint density at radius 3 is 2.74 bits per heavy atom. The maximum Gasteiger partial charge on any atom is 0.355 e. The number of phenolic OH excluding ortho intramolecular Hbond substituents is 1. The van der Waals surface area contributed by atoms with Gasteiger partial charge in [-0.05, 0) is 49.2 Å². The van der Waals surface area contributed by atoms with Crippen LogP contribution in [0.3, 0.4) is 0 Å². The lowest BCUT2D eigenvalue weighted by atomic mass is 10.1. The minimum atomic E-state index is -0.424. The van der Waals surface area contributed by atoms with Crippen LogP contribution < -0.4 is 5.32 Å². The molecular formula is C20H19BrN2O4. The first-order valence-electron chi connectivity index (χ1n) is 8.54. The van der Waals surface area contributed by atoms with Crippen molar-refractivity contribution in [2.24, 2.45) is 0 Å². The number of H-pyrrole nitrogens is 1. The second kappa shape index (κ2) is 8.26. The van der Waals surface area contributed by atoms with Crippen LogP contribution in [0.4, 0.5) is 0 Å². The van der Waals surface area contributed by atoms with E-state index < -0.39 is 5.97 Å². The highest BCUT2D eigenvalue weighted by Crippen LogP contribution is 2.27. The number of aromatic amines is 1. The maximum atomic E-state index is 12.3. The van der Waals surface area contributed by atoms with Gasteiger partial charge in [-0.1, -0.05) is 28.1 Å². The van der Waals surface area contributed by atoms with Crippen LogP contribution in [0, 0.1) is 0 Å². The maximum absolute atomic E-state index is 12.3. The molecule has 0 aliphatic carbocycles. The number of nitrogens with one attached hydrogen (secondary N) is 2. The Morgan fingerprint density at radius 2 is 2.00 bits per heavy atom. The van der Waals surface area contributed by atoms with Gasteiger partial charge in [-0.25, -0.2) is 4.79 Å². The molecule has 2 aromatic carbocycles. The molecular weight excluding hydrogens is 412 g/mol. The monoisotopic (exact) mass is 430 g/mol. The van der Waals surface area contributed by atoms with E-state index in [0.717, 1.165) is 20.9 Å². The summed E-state index contributed by atoms with van der Waals surface area (Å²) in [5, 5.41) is 13.5. The van der Waals surface area contributed by atoms with Crippen molar-refractivity contribution in [2.75, 3.05) is 13.2 Å². The predicted molar refractivity (Wildman–Crippen MR) is 106 cm³/mol. The number of rotatable bonds is 6. The smallest absolute Gasteiger partial charge is 0.355 e. The lowest BCUT2D eigenvalue weighted by molar-refractivity contribution is 0.0519. The SMILES string of the molecule is CCOC(=O)c1[nH]c2ccc(Br)cc2c1CCNC(=O)c1ccccc1O. The van der Waals surface area contributed by atoms with Crippen LogP contribution in [0.2, 0.25) is 0 Å². The van der Waals surface area contributed by atoms with Gasteiger partial charge in [0.2, 0.25) is 0 Å². The highest BCUT2D eigenvalue weighted by molar-refractivity contribution is 9.10. The molecule has 1 aromatic heterocycles. The summed E-state index contributed by atoms with van der Waals surface area (Å²) in [5.74, 6) is -0.864. The highest BCUT2D eigenvalue weighted by Gasteiger charge is 2.19. The zero-order chi connectivity index (χ0) is 19.4. The normalized spacial score (nSPS) is 10.7. The topological polar surface area (TPSA) is 91.4 Å². The number of halogens is 1. The van der Waals surface area contributed by atoms with Crippen LogP contribution in [0.15, 0.2) is 46.9 Å². The Morgan fingerprint density at radius 1 is 1.22 bits per heavy atom. The lowest BCUT2D eigenvalue weighted by Crippen LogP contribution is -2.26. The number of aromatic nitrogens is 1. The van der Waals surface area contributed by atoms with Gasteiger partial charge in [0.25, 0.3) is 5.91 Å². The lowest BCUT2D eigenvalue weighted by Gasteiger charge is -2.08. The average Bonchev–Trinajstić information content (AvgIpc) is 3.00. The second-order valence-corrected chi connectivity index (χ2v) is 6.83. The molecule has 1 heterocycles. The van der Waals surface area contributed by atoms with E-state index in [1.165, 1.54) is 6.07 Å². The Hall–Kier alpha value is -2.80. The number of hydrogen-bond acceptors (Lipinski definition) is 4. The van der Waals surface area contributed by atoms with Crippen molar-refractivity contribution >= 4 is 38.7 Å². The number of amides is 1. The van der Waals surface area contributed by atoms with E-state index in [2.05, 4.69) is 26.2 Å². The number of phenols is 1. The fraction of sp³-hybridized carbons (Fsp3) is 0.200. The molecule has 27 heavy (non-hydrogen) atoms. The van der Waals surface area contributed by atoms with Gasteiger partial charge in [0.1, 0.15) is 11.4 Å². The molecule has 0 bridgehead atoms. The van der Waals surface area contributed by atoms with Crippen molar-refractivity contribution in [2.45, 2.75) is 13.3 Å². The summed E-state index contributed by atoms with van der Waals surface area (Å²) in [7, 11) is 0. The van der Waals surface area contributed by atoms with Crippen LogP contribution >= 0.6 is 15.9 Å². The summed E-state index contributed by atoms with van der Waals surface area (Å²) in [6, 6.07) is 12.0. The molecule has 0 unspecified atom stereocenters. The number of hydrogen-bond donors (Lipinski definition) is 3. The number of carbonyl (C=O) groups excluding carboxylic acids is 2. The molecule has 0 fully saturated rings. The third-order valence-corrected chi connectivity index (χ3v) is 4.65. The summed E-state index contributed by atoms with van der Waals surface area (Å²) >= 11 is 3.45. The molecule has 0 atom stereocenters. The summed E-state index contributed by atoms with van der Waals surface area (Å²) < 4.78 is 6.03. The quantitative estimate of drug-likeness (QED) is 0.518. The van der Waals surface area contributed by atoms with E-state index in [4.69, 9.17) is 4.74 Å². The second-order valence-electron chi connectivity index (χ2n) is 5.91. The first kappa shape index (κ1) is 19.0. The van der Waals surface area contributed by atoms with Crippen LogP contribution in [0.5, 0.6) is 5.75 Å². The van der Waals surface area contributed by atoms with E-state index in [9.17, 15) is 14.7 Å².